The molecule has 0 saturated heterocycles. The van der Waals surface area contributed by atoms with E-state index >= 15 is 0 Å². The van der Waals surface area contributed by atoms with Crippen LogP contribution >= 0.6 is 15.9 Å². The summed E-state index contributed by atoms with van der Waals surface area (Å²) >= 11 is 3.47. The van der Waals surface area contributed by atoms with Crippen LogP contribution in [0.3, 0.4) is 0 Å². The van der Waals surface area contributed by atoms with Gasteiger partial charge in [0.25, 0.3) is 0 Å². The lowest BCUT2D eigenvalue weighted by molar-refractivity contribution is 0.395. The second-order valence-corrected chi connectivity index (χ2v) is 3.64. The number of halogens is 1. The molecule has 0 aliphatic heterocycles. The molecule has 1 aromatic rings. The highest BCUT2D eigenvalue weighted by Crippen LogP contribution is 2.09. The van der Waals surface area contributed by atoms with Gasteiger partial charge < -0.3 is 10.3 Å². The largest absolute Gasteiger partial charge is 0.380 e. The lowest BCUT2D eigenvalue weighted by atomic mass is 10.2. The Balaban J connectivity index is 2.77. The van der Waals surface area contributed by atoms with Crippen molar-refractivity contribution in [2.75, 3.05) is 5.73 Å². The number of hydrogen-bond donors (Lipinski definition) is 1. The molecule has 0 saturated carbocycles. The molecule has 2 rings (SSSR count). The fourth-order valence-electron chi connectivity index (χ4n) is 1.11. The summed E-state index contributed by atoms with van der Waals surface area (Å²) in [5.41, 5.74) is 6.34. The van der Waals surface area contributed by atoms with Gasteiger partial charge in [-0.05, 0) is 12.5 Å². The zero-order chi connectivity index (χ0) is 7.84. The third-order valence-electron chi connectivity index (χ3n) is 1.66. The van der Waals surface area contributed by atoms with Crippen molar-refractivity contribution in [1.29, 1.82) is 0 Å². The normalized spacial score (nSPS) is 21.7. The zero-order valence-electron chi connectivity index (χ0n) is 5.75. The Kier molecular flexibility index (Phi) is 1.49. The fraction of sp³-hybridized carbons (Fsp3) is 0.286. The summed E-state index contributed by atoms with van der Waals surface area (Å²) in [6.07, 6.45) is 4.93. The molecule has 0 spiro atoms. The minimum absolute atomic E-state index is 0.358. The number of nitrogen functional groups attached to an aromatic ring is 1. The van der Waals surface area contributed by atoms with Crippen LogP contribution in [0.5, 0.6) is 0 Å². The minimum Gasteiger partial charge on any atom is -0.380 e. The Morgan fingerprint density at radius 2 is 2.55 bits per heavy atom. The van der Waals surface area contributed by atoms with Crippen LogP contribution < -0.4 is 16.4 Å². The predicted octanol–water partition coefficient (Wildman–Crippen LogP) is -0.0150. The van der Waals surface area contributed by atoms with Crippen LogP contribution in [0.15, 0.2) is 4.52 Å². The van der Waals surface area contributed by atoms with E-state index < -0.39 is 0 Å². The lowest BCUT2D eigenvalue weighted by Gasteiger charge is -2.00. The van der Waals surface area contributed by atoms with Gasteiger partial charge in [0.2, 0.25) is 0 Å². The molecule has 0 aromatic carbocycles. The monoisotopic (exact) mass is 214 g/mol. The van der Waals surface area contributed by atoms with Gasteiger partial charge in [0.15, 0.2) is 11.2 Å². The number of anilines is 1. The molecular formula is C7H7BrN2O. The van der Waals surface area contributed by atoms with E-state index in [-0.39, 0.29) is 0 Å². The summed E-state index contributed by atoms with van der Waals surface area (Å²) in [7, 11) is 0. The highest BCUT2D eigenvalue weighted by atomic mass is 79.9. The molecule has 1 aliphatic rings. The summed E-state index contributed by atoms with van der Waals surface area (Å²) in [5, 5.41) is 4.57. The van der Waals surface area contributed by atoms with Gasteiger partial charge in [0.05, 0.1) is 5.22 Å². The van der Waals surface area contributed by atoms with E-state index in [1.807, 2.05) is 12.2 Å². The number of rotatable bonds is 0. The molecule has 1 atom stereocenters. The van der Waals surface area contributed by atoms with Gasteiger partial charge in [-0.25, -0.2) is 0 Å². The van der Waals surface area contributed by atoms with E-state index in [4.69, 9.17) is 10.3 Å². The number of aromatic nitrogens is 1. The van der Waals surface area contributed by atoms with Gasteiger partial charge in [-0.3, -0.25) is 0 Å². The van der Waals surface area contributed by atoms with Crippen LogP contribution in [0.2, 0.25) is 0 Å². The first-order chi connectivity index (χ1) is 5.27. The van der Waals surface area contributed by atoms with Crippen LogP contribution in [0, 0.1) is 0 Å². The first-order valence-corrected chi connectivity index (χ1v) is 4.26. The quantitative estimate of drug-likeness (QED) is 0.619. The Morgan fingerprint density at radius 1 is 1.73 bits per heavy atom. The maximum absolute atomic E-state index is 5.55. The Hall–Kier alpha value is -0.770. The van der Waals surface area contributed by atoms with Crippen molar-refractivity contribution < 1.29 is 4.52 Å². The molecule has 0 fully saturated rings. The zero-order valence-corrected chi connectivity index (χ0v) is 7.34. The lowest BCUT2D eigenvalue weighted by Crippen LogP contribution is -2.27. The molecule has 2 N–H and O–H groups in total. The van der Waals surface area contributed by atoms with Crippen LogP contribution in [-0.2, 0) is 0 Å². The summed E-state index contributed by atoms with van der Waals surface area (Å²) in [6, 6.07) is 0. The summed E-state index contributed by atoms with van der Waals surface area (Å²) < 4.78 is 4.95. The predicted molar refractivity (Wildman–Crippen MR) is 46.4 cm³/mol. The first kappa shape index (κ1) is 6.91. The van der Waals surface area contributed by atoms with Gasteiger partial charge in [-0.2, -0.15) is 0 Å². The molecule has 0 radical (unpaired) electrons. The van der Waals surface area contributed by atoms with E-state index in [1.54, 1.807) is 0 Å². The molecule has 0 bridgehead atoms. The molecule has 1 aromatic heterocycles. The second-order valence-electron chi connectivity index (χ2n) is 2.47. The van der Waals surface area contributed by atoms with Crippen LogP contribution in [0.4, 0.5) is 5.82 Å². The molecular weight excluding hydrogens is 208 g/mol. The number of hydrogen-bond acceptors (Lipinski definition) is 3. The molecule has 0 amide bonds. The average Bonchev–Trinajstić information content (AvgIpc) is 2.33. The van der Waals surface area contributed by atoms with E-state index in [9.17, 15) is 0 Å². The Bertz CT molecular complexity index is 382. The Morgan fingerprint density at radius 3 is 3.36 bits per heavy atom. The summed E-state index contributed by atoms with van der Waals surface area (Å²) in [4.78, 5) is 0.358. The van der Waals surface area contributed by atoms with Crippen molar-refractivity contribution in [3.8, 4) is 0 Å². The van der Waals surface area contributed by atoms with E-state index in [1.165, 1.54) is 0 Å². The van der Waals surface area contributed by atoms with Crippen molar-refractivity contribution in [1.82, 2.24) is 5.16 Å². The molecule has 11 heavy (non-hydrogen) atoms. The smallest absolute Gasteiger partial charge is 0.174 e. The van der Waals surface area contributed by atoms with Crippen LogP contribution in [0.1, 0.15) is 6.42 Å². The van der Waals surface area contributed by atoms with Gasteiger partial charge in [0, 0.05) is 4.83 Å². The SMILES string of the molecule is Nc1noc2c1=CC(Br)CC=2. The molecule has 1 heterocycles. The Labute approximate surface area is 71.7 Å². The average molecular weight is 215 g/mol. The van der Waals surface area contributed by atoms with Crippen molar-refractivity contribution in [2.24, 2.45) is 0 Å². The highest BCUT2D eigenvalue weighted by molar-refractivity contribution is 9.09. The number of nitrogens with two attached hydrogens (primary N) is 1. The number of nitrogens with zero attached hydrogens (tertiary/aromatic N) is 1. The van der Waals surface area contributed by atoms with E-state index in [0.29, 0.717) is 10.6 Å². The minimum atomic E-state index is 0.358. The summed E-state index contributed by atoms with van der Waals surface area (Å²) in [6.45, 7) is 0. The molecule has 1 aliphatic carbocycles. The standard InChI is InChI=1S/C7H7BrN2O/c8-4-1-2-6-5(3-4)7(9)10-11-6/h2-4H,1H2,(H2,9,10). The van der Waals surface area contributed by atoms with Crippen molar-refractivity contribution in [3.05, 3.63) is 10.6 Å². The van der Waals surface area contributed by atoms with Gasteiger partial charge in [-0.15, -0.1) is 0 Å². The molecule has 1 unspecified atom stereocenters. The number of alkyl halides is 1. The summed E-state index contributed by atoms with van der Waals surface area (Å²) in [5.74, 6) is 0.473. The van der Waals surface area contributed by atoms with E-state index in [0.717, 1.165) is 17.1 Å². The van der Waals surface area contributed by atoms with Gasteiger partial charge in [0.1, 0.15) is 0 Å². The first-order valence-electron chi connectivity index (χ1n) is 3.34. The second kappa shape index (κ2) is 2.37. The van der Waals surface area contributed by atoms with Crippen LogP contribution in [-0.4, -0.2) is 9.98 Å². The number of fused-ring (bicyclic) bond motifs is 1. The topological polar surface area (TPSA) is 52.0 Å². The van der Waals surface area contributed by atoms with E-state index in [2.05, 4.69) is 21.1 Å². The van der Waals surface area contributed by atoms with Gasteiger partial charge >= 0.3 is 0 Å². The van der Waals surface area contributed by atoms with Crippen molar-refractivity contribution in [2.45, 2.75) is 11.2 Å². The maximum atomic E-state index is 5.55. The van der Waals surface area contributed by atoms with Crippen molar-refractivity contribution >= 4 is 33.9 Å². The maximum Gasteiger partial charge on any atom is 0.174 e. The third kappa shape index (κ3) is 1.07. The molecule has 3 nitrogen and oxygen atoms in total. The van der Waals surface area contributed by atoms with Crippen molar-refractivity contribution in [3.63, 3.8) is 0 Å². The highest BCUT2D eigenvalue weighted by Gasteiger charge is 2.07. The third-order valence-corrected chi connectivity index (χ3v) is 2.30. The van der Waals surface area contributed by atoms with Crippen LogP contribution in [0.25, 0.3) is 12.2 Å². The molecule has 58 valence electrons. The van der Waals surface area contributed by atoms with Gasteiger partial charge in [-0.1, -0.05) is 27.2 Å². The molecule has 4 heteroatoms. The fourth-order valence-corrected chi connectivity index (χ4v) is 1.56.